The third-order valence-electron chi connectivity index (χ3n) is 19.7. The molecule has 118 heavy (non-hydrogen) atoms. The van der Waals surface area contributed by atoms with Gasteiger partial charge in [0, 0.05) is 143 Å². The van der Waals surface area contributed by atoms with Gasteiger partial charge in [0.15, 0.2) is 0 Å². The molecule has 0 fully saturated rings. The molecule has 17 aromatic rings. The van der Waals surface area contributed by atoms with Crippen LogP contribution in [0.5, 0.6) is 28.7 Å². The van der Waals surface area contributed by atoms with Crippen molar-refractivity contribution >= 4 is 124 Å². The van der Waals surface area contributed by atoms with E-state index in [9.17, 15) is 24.5 Å². The van der Waals surface area contributed by atoms with Crippen molar-refractivity contribution in [2.45, 2.75) is 39.7 Å². The van der Waals surface area contributed by atoms with Crippen molar-refractivity contribution in [1.82, 2.24) is 38.2 Å². The molecule has 0 aliphatic rings. The summed E-state index contributed by atoms with van der Waals surface area (Å²) in [6.45, 7) is 9.05. The molecule has 9 aromatic carbocycles. The smallest absolute Gasteiger partial charge is 0.337 e. The molecule has 0 unspecified atom stereocenters. The Labute approximate surface area is 700 Å². The Morgan fingerprint density at radius 3 is 1.25 bits per heavy atom. The van der Waals surface area contributed by atoms with Crippen molar-refractivity contribution in [2.75, 3.05) is 42.7 Å². The number of nitrogens with two attached hydrogens (primary N) is 2. The Balaban J connectivity index is 0.000000130. The number of hydrogen-bond donors (Lipinski definition) is 2. The number of amides is 2. The molecule has 27 heteroatoms. The molecule has 8 heterocycles. The summed E-state index contributed by atoms with van der Waals surface area (Å²) in [5, 5.41) is 25.2. The fourth-order valence-corrected chi connectivity index (χ4v) is 16.7. The van der Waals surface area contributed by atoms with Crippen molar-refractivity contribution in [3.8, 4) is 111 Å². The number of nitro groups is 1. The Kier molecular flexibility index (Phi) is 24.0. The maximum atomic E-state index is 12.2. The first kappa shape index (κ1) is 81.1. The lowest BCUT2D eigenvalue weighted by atomic mass is 9.93. The number of primary amides is 2. The van der Waals surface area contributed by atoms with Gasteiger partial charge in [0.25, 0.3) is 0 Å². The second kappa shape index (κ2) is 34.9. The van der Waals surface area contributed by atoms with E-state index in [0.717, 1.165) is 138 Å². The molecule has 0 atom stereocenters. The molecule has 594 valence electrons. The largest absolute Gasteiger partial charge is 0.497 e. The monoisotopic (exact) mass is 1670 g/mol. The van der Waals surface area contributed by atoms with Crippen LogP contribution < -0.4 is 35.2 Å². The first-order valence-electron chi connectivity index (χ1n) is 36.8. The Morgan fingerprint density at radius 2 is 0.847 bits per heavy atom. The quantitative estimate of drug-likeness (QED) is 0.0433. The van der Waals surface area contributed by atoms with Crippen LogP contribution in [-0.4, -0.2) is 104 Å². The molecule has 0 spiro atoms. The van der Waals surface area contributed by atoms with Crippen LogP contribution in [0, 0.1) is 10.1 Å². The summed E-state index contributed by atoms with van der Waals surface area (Å²) in [6, 6.07) is 61.9. The first-order valence-corrected chi connectivity index (χ1v) is 40.2. The topological polar surface area (TPSA) is 273 Å². The second-order valence-electron chi connectivity index (χ2n) is 27.8. The minimum atomic E-state index is -0.475. The Morgan fingerprint density at radius 1 is 0.449 bits per heavy atom. The summed E-state index contributed by atoms with van der Waals surface area (Å²) in [5.74, 6) is 2.43. The van der Waals surface area contributed by atoms with Crippen LogP contribution in [0.4, 0.5) is 5.69 Å². The number of hydrogen-bond acceptors (Lipinski definition) is 18. The number of rotatable bonds is 19. The van der Waals surface area contributed by atoms with Crippen molar-refractivity contribution < 1.29 is 47.7 Å². The molecule has 8 aromatic heterocycles. The number of fused-ring (bicyclic) bond motifs is 4. The number of methoxy groups -OCH3 is 6. The number of thiazole rings is 3. The number of nitrogens with zero attached hydrogens (tertiary/aromatic N) is 9. The van der Waals surface area contributed by atoms with Crippen LogP contribution in [0.2, 0.25) is 10.0 Å². The molecule has 4 N–H and O–H groups in total. The number of pyridine rings is 1. The van der Waals surface area contributed by atoms with Crippen LogP contribution in [0.3, 0.4) is 0 Å². The van der Waals surface area contributed by atoms with E-state index in [0.29, 0.717) is 55.9 Å². The molecule has 22 nitrogen and oxygen atoms in total. The van der Waals surface area contributed by atoms with Gasteiger partial charge in [0.05, 0.1) is 108 Å². The molecule has 0 aliphatic carbocycles. The average molecular weight is 1670 g/mol. The van der Waals surface area contributed by atoms with Crippen LogP contribution in [-0.2, 0) is 16.7 Å². The third-order valence-corrected chi connectivity index (χ3v) is 23.1. The van der Waals surface area contributed by atoms with Crippen molar-refractivity contribution in [3.05, 3.63) is 290 Å². The number of carbonyl (C=O) groups excluding carboxylic acids is 3. The predicted octanol–water partition coefficient (Wildman–Crippen LogP) is 21.9. The molecule has 0 radical (unpaired) electrons. The van der Waals surface area contributed by atoms with Crippen molar-refractivity contribution in [2.24, 2.45) is 11.5 Å². The molecular formula is C91H77Cl2N11O11S3. The number of aryl methyl sites for hydroxylation is 1. The molecule has 2 amide bonds. The van der Waals surface area contributed by atoms with E-state index in [-0.39, 0.29) is 22.0 Å². The molecule has 0 aliphatic heterocycles. The van der Waals surface area contributed by atoms with Gasteiger partial charge in [-0.25, -0.2) is 19.7 Å². The van der Waals surface area contributed by atoms with Crippen LogP contribution in [0.25, 0.3) is 126 Å². The summed E-state index contributed by atoms with van der Waals surface area (Å²) in [6.07, 6.45) is 9.68. The number of benzene rings is 9. The minimum Gasteiger partial charge on any atom is -0.497 e. The summed E-state index contributed by atoms with van der Waals surface area (Å²) in [5.41, 5.74) is 27.9. The zero-order chi connectivity index (χ0) is 83.2. The lowest BCUT2D eigenvalue weighted by Gasteiger charge is -2.14. The third kappa shape index (κ3) is 16.9. The summed E-state index contributed by atoms with van der Waals surface area (Å²) >= 11 is 17.0. The zero-order valence-electron chi connectivity index (χ0n) is 65.5. The van der Waals surface area contributed by atoms with E-state index in [1.165, 1.54) is 18.4 Å². The Hall–Kier alpha value is -13.4. The van der Waals surface area contributed by atoms with Crippen LogP contribution in [0.15, 0.2) is 247 Å². The van der Waals surface area contributed by atoms with E-state index in [1.807, 2.05) is 179 Å². The summed E-state index contributed by atoms with van der Waals surface area (Å²) < 4.78 is 39.3. The van der Waals surface area contributed by atoms with Crippen molar-refractivity contribution in [1.29, 1.82) is 0 Å². The molecule has 0 bridgehead atoms. The van der Waals surface area contributed by atoms with E-state index in [4.69, 9.17) is 78.0 Å². The molecular weight excluding hydrogens is 1590 g/mol. The number of ether oxygens (including phenoxy) is 6. The highest BCUT2D eigenvalue weighted by molar-refractivity contribution is 7.14. The second-order valence-corrected chi connectivity index (χ2v) is 31.2. The molecule has 17 rings (SSSR count). The van der Waals surface area contributed by atoms with Gasteiger partial charge in [-0.3, -0.25) is 24.7 Å². The predicted molar refractivity (Wildman–Crippen MR) is 471 cm³/mol. The number of aromatic nitrogens is 8. The fourth-order valence-electron chi connectivity index (χ4n) is 13.6. The molecule has 0 saturated heterocycles. The van der Waals surface area contributed by atoms with Gasteiger partial charge >= 0.3 is 11.7 Å². The average Bonchev–Trinajstić information content (AvgIpc) is 1.61. The van der Waals surface area contributed by atoms with E-state index >= 15 is 0 Å². The normalized spacial score (nSPS) is 11.2. The van der Waals surface area contributed by atoms with E-state index in [2.05, 4.69) is 52.7 Å². The highest BCUT2D eigenvalue weighted by atomic mass is 35.5. The van der Waals surface area contributed by atoms with Crippen molar-refractivity contribution in [3.63, 3.8) is 0 Å². The number of carbonyl (C=O) groups is 3. The van der Waals surface area contributed by atoms with Gasteiger partial charge in [-0.05, 0) is 177 Å². The lowest BCUT2D eigenvalue weighted by molar-refractivity contribution is -0.382. The standard InChI is InChI=1S/C25H17Cl2N3O2S.C25H19N3O3S.C23H23N3O2S.C18H18N2O4/c1-32-17-6-4-16(5-7-17)30-12-19(18-8-2-15(24(28)31)11-23(18)30)25-29-22(13-33-25)14-3-9-20(26)21(27)10-14;1-30-19-6-4-18(5-7-19)28-14-21(20-8-3-17(13-23(20)28)25(29)31-2)24-27-22(15-32-24)16-9-11-26-12-10-16;1-23(2,3)20-13-29-22(25-20)18-12-26(15-6-8-16(28-4)9-7-15)19-11-14(21(24)27)5-10-17(18)19;1-4-19-16-11-14(24-3)9-10-15(16)18(20(21)22)17(19)12-5-7-13(23-2)8-6-12/h2-13H,1H3,(H2,28,31);3-15H,1-2H3;5-13H,1-4H3,(H2,24,27);5-11H,4H2,1-3H3. The van der Waals surface area contributed by atoms with Crippen LogP contribution >= 0.6 is 57.2 Å². The lowest BCUT2D eigenvalue weighted by Crippen LogP contribution is -2.11. The van der Waals surface area contributed by atoms with E-state index in [1.54, 1.807) is 125 Å². The van der Waals surface area contributed by atoms with E-state index < -0.39 is 11.8 Å². The van der Waals surface area contributed by atoms with Gasteiger partial charge in [-0.1, -0.05) is 68.2 Å². The van der Waals surface area contributed by atoms with Gasteiger partial charge in [0.1, 0.15) is 49.5 Å². The molecule has 0 saturated carbocycles. The summed E-state index contributed by atoms with van der Waals surface area (Å²) in [7, 11) is 9.48. The fraction of sp³-hybridized carbons (Fsp3) is 0.132. The summed E-state index contributed by atoms with van der Waals surface area (Å²) in [4.78, 5) is 65.9. The van der Waals surface area contributed by atoms with Gasteiger partial charge < -0.3 is 58.2 Å². The zero-order valence-corrected chi connectivity index (χ0v) is 69.5. The van der Waals surface area contributed by atoms with Gasteiger partial charge in [-0.15, -0.1) is 34.0 Å². The SMILES string of the molecule is CCn1c(-c2ccc(OC)cc2)c([N+](=O)[O-])c2ccc(OC)cc21.COC(=O)c1ccc2c(-c3nc(-c4ccncc4)cs3)cn(-c3ccc(OC)cc3)c2c1.COc1ccc(-n2cc(-c3nc(-c4ccc(Cl)c(Cl)c4)cs3)c3ccc(C(N)=O)cc32)cc1.COc1ccc(-n2cc(-c3nc(C(C)(C)C)cs3)c3ccc(C(N)=O)cc32)cc1. The highest BCUT2D eigenvalue weighted by Gasteiger charge is 2.29. The first-order chi connectivity index (χ1) is 57.0. The maximum Gasteiger partial charge on any atom is 0.337 e. The van der Waals surface area contributed by atoms with Gasteiger partial charge in [-0.2, -0.15) is 0 Å². The maximum absolute atomic E-state index is 12.2. The Bertz CT molecular complexity index is 6580. The van der Waals surface area contributed by atoms with Crippen LogP contribution in [0.1, 0.15) is 64.5 Å². The number of esters is 1. The minimum absolute atomic E-state index is 0.0117. The highest BCUT2D eigenvalue weighted by Crippen LogP contribution is 2.44. The van der Waals surface area contributed by atoms with Gasteiger partial charge in [0.2, 0.25) is 11.8 Å². The number of halogens is 2.